The van der Waals surface area contributed by atoms with E-state index in [-0.39, 0.29) is 0 Å². The van der Waals surface area contributed by atoms with Gasteiger partial charge >= 0.3 is 0 Å². The molecule has 0 amide bonds. The van der Waals surface area contributed by atoms with Crippen molar-refractivity contribution in [2.75, 3.05) is 0 Å². The van der Waals surface area contributed by atoms with E-state index in [1.807, 2.05) is 43.3 Å². The molecule has 0 radical (unpaired) electrons. The lowest BCUT2D eigenvalue weighted by atomic mass is 10.1. The molecule has 6 heteroatoms. The number of aromatic nitrogens is 3. The van der Waals surface area contributed by atoms with Gasteiger partial charge in [0.1, 0.15) is 16.5 Å². The molecule has 0 fully saturated rings. The maximum absolute atomic E-state index is 5.33. The number of hydrogen-bond donors (Lipinski definition) is 0. The summed E-state index contributed by atoms with van der Waals surface area (Å²) in [6.45, 7) is 1.95. The van der Waals surface area contributed by atoms with Gasteiger partial charge in [0.15, 0.2) is 4.34 Å². The lowest BCUT2D eigenvalue weighted by Crippen LogP contribution is -1.76. The number of nitrogens with zero attached hydrogens (tertiary/aromatic N) is 3. The van der Waals surface area contributed by atoms with E-state index >= 15 is 0 Å². The first-order valence-corrected chi connectivity index (χ1v) is 7.55. The zero-order valence-electron chi connectivity index (χ0n) is 10.2. The van der Waals surface area contributed by atoms with E-state index in [9.17, 15) is 0 Å². The molecular weight excluding hydrogens is 278 g/mol. The number of thioether (sulfide) groups is 1. The molecule has 2 heterocycles. The van der Waals surface area contributed by atoms with Crippen LogP contribution in [0, 0.1) is 6.92 Å². The van der Waals surface area contributed by atoms with Gasteiger partial charge in [-0.2, -0.15) is 0 Å². The van der Waals surface area contributed by atoms with Crippen LogP contribution in [0.1, 0.15) is 10.8 Å². The summed E-state index contributed by atoms with van der Waals surface area (Å²) in [6.07, 6.45) is 0. The van der Waals surface area contributed by atoms with Crippen molar-refractivity contribution < 1.29 is 4.52 Å². The van der Waals surface area contributed by atoms with Gasteiger partial charge in [0.25, 0.3) is 0 Å². The van der Waals surface area contributed by atoms with E-state index in [0.717, 1.165) is 26.4 Å². The van der Waals surface area contributed by atoms with Gasteiger partial charge in [-0.05, 0) is 6.92 Å². The second-order valence-corrected chi connectivity index (χ2v) is 6.32. The molecule has 0 aliphatic carbocycles. The SMILES string of the molecule is Cc1nnc(SCc2cc(-c3ccccc3)no2)s1. The molecule has 0 atom stereocenters. The summed E-state index contributed by atoms with van der Waals surface area (Å²) in [7, 11) is 0. The lowest BCUT2D eigenvalue weighted by Gasteiger charge is -1.91. The smallest absolute Gasteiger partial charge is 0.174 e. The third-order valence-corrected chi connectivity index (χ3v) is 4.47. The van der Waals surface area contributed by atoms with Gasteiger partial charge < -0.3 is 4.52 Å². The minimum Gasteiger partial charge on any atom is -0.360 e. The van der Waals surface area contributed by atoms with Crippen LogP contribution in [-0.4, -0.2) is 15.4 Å². The monoisotopic (exact) mass is 289 g/mol. The summed E-state index contributed by atoms with van der Waals surface area (Å²) >= 11 is 3.20. The Morgan fingerprint density at radius 1 is 1.21 bits per heavy atom. The average Bonchev–Trinajstić information content (AvgIpc) is 3.06. The number of hydrogen-bond acceptors (Lipinski definition) is 6. The summed E-state index contributed by atoms with van der Waals surface area (Å²) < 4.78 is 6.29. The van der Waals surface area contributed by atoms with Crippen LogP contribution >= 0.6 is 23.1 Å². The molecule has 4 nitrogen and oxygen atoms in total. The first-order chi connectivity index (χ1) is 9.31. The Morgan fingerprint density at radius 3 is 2.79 bits per heavy atom. The highest BCUT2D eigenvalue weighted by atomic mass is 32.2. The summed E-state index contributed by atoms with van der Waals surface area (Å²) in [6, 6.07) is 12.0. The fourth-order valence-electron chi connectivity index (χ4n) is 1.60. The highest BCUT2D eigenvalue weighted by molar-refractivity contribution is 8.00. The summed E-state index contributed by atoms with van der Waals surface area (Å²) in [5.74, 6) is 1.56. The van der Waals surface area contributed by atoms with Crippen molar-refractivity contribution in [3.63, 3.8) is 0 Å². The molecule has 0 unspecified atom stereocenters. The zero-order valence-corrected chi connectivity index (χ0v) is 11.9. The molecule has 2 aromatic heterocycles. The second-order valence-electron chi connectivity index (χ2n) is 3.92. The maximum Gasteiger partial charge on any atom is 0.174 e. The summed E-state index contributed by atoms with van der Waals surface area (Å²) in [5.41, 5.74) is 1.93. The minimum absolute atomic E-state index is 0.717. The van der Waals surface area contributed by atoms with Gasteiger partial charge in [0.05, 0.1) is 5.75 Å². The average molecular weight is 289 g/mol. The molecular formula is C13H11N3OS2. The van der Waals surface area contributed by atoms with Crippen LogP contribution in [0.15, 0.2) is 45.3 Å². The molecule has 0 aliphatic heterocycles. The van der Waals surface area contributed by atoms with Crippen molar-refractivity contribution in [2.24, 2.45) is 0 Å². The van der Waals surface area contributed by atoms with Crippen LogP contribution < -0.4 is 0 Å². The van der Waals surface area contributed by atoms with Crippen LogP contribution in [0.3, 0.4) is 0 Å². The van der Waals surface area contributed by atoms with Gasteiger partial charge in [-0.25, -0.2) is 0 Å². The molecule has 0 N–H and O–H groups in total. The molecule has 0 saturated carbocycles. The van der Waals surface area contributed by atoms with E-state index in [1.54, 1.807) is 23.1 Å². The Balaban J connectivity index is 1.68. The molecule has 0 saturated heterocycles. The third kappa shape index (κ3) is 3.02. The second kappa shape index (κ2) is 5.54. The molecule has 0 spiro atoms. The van der Waals surface area contributed by atoms with Crippen molar-refractivity contribution in [2.45, 2.75) is 17.0 Å². The van der Waals surface area contributed by atoms with E-state index in [4.69, 9.17) is 4.52 Å². The predicted octanol–water partition coefficient (Wildman–Crippen LogP) is 3.79. The number of benzene rings is 1. The van der Waals surface area contributed by atoms with Gasteiger partial charge in [-0.3, -0.25) is 0 Å². The Kier molecular flexibility index (Phi) is 3.61. The molecule has 19 heavy (non-hydrogen) atoms. The van der Waals surface area contributed by atoms with Gasteiger partial charge in [0.2, 0.25) is 0 Å². The highest BCUT2D eigenvalue weighted by Gasteiger charge is 2.08. The van der Waals surface area contributed by atoms with E-state index in [0.29, 0.717) is 5.75 Å². The minimum atomic E-state index is 0.717. The fraction of sp³-hybridized carbons (Fsp3) is 0.154. The first kappa shape index (κ1) is 12.4. The quantitative estimate of drug-likeness (QED) is 0.684. The topological polar surface area (TPSA) is 51.8 Å². The molecule has 0 bridgehead atoms. The molecule has 3 aromatic rings. The summed E-state index contributed by atoms with van der Waals surface area (Å²) in [4.78, 5) is 0. The Hall–Kier alpha value is -1.66. The van der Waals surface area contributed by atoms with Crippen molar-refractivity contribution >= 4 is 23.1 Å². The highest BCUT2D eigenvalue weighted by Crippen LogP contribution is 2.27. The van der Waals surface area contributed by atoms with E-state index in [2.05, 4.69) is 15.4 Å². The van der Waals surface area contributed by atoms with Crippen LogP contribution in [0.2, 0.25) is 0 Å². The number of rotatable bonds is 4. The molecule has 0 aliphatic rings. The van der Waals surface area contributed by atoms with Gasteiger partial charge in [-0.15, -0.1) is 10.2 Å². The van der Waals surface area contributed by atoms with Crippen LogP contribution in [0.5, 0.6) is 0 Å². The maximum atomic E-state index is 5.33. The Labute approximate surface area is 118 Å². The van der Waals surface area contributed by atoms with E-state index in [1.165, 1.54) is 0 Å². The first-order valence-electron chi connectivity index (χ1n) is 5.75. The molecule has 3 rings (SSSR count). The van der Waals surface area contributed by atoms with Crippen molar-refractivity contribution in [1.82, 2.24) is 15.4 Å². The van der Waals surface area contributed by atoms with Crippen molar-refractivity contribution in [3.8, 4) is 11.3 Å². The van der Waals surface area contributed by atoms with Gasteiger partial charge in [-0.1, -0.05) is 58.6 Å². The third-order valence-electron chi connectivity index (χ3n) is 2.47. The van der Waals surface area contributed by atoms with Crippen LogP contribution in [0.25, 0.3) is 11.3 Å². The zero-order chi connectivity index (χ0) is 13.1. The van der Waals surface area contributed by atoms with E-state index < -0.39 is 0 Å². The molecule has 96 valence electrons. The van der Waals surface area contributed by atoms with Crippen LogP contribution in [0.4, 0.5) is 0 Å². The lowest BCUT2D eigenvalue weighted by molar-refractivity contribution is 0.397. The largest absolute Gasteiger partial charge is 0.360 e. The van der Waals surface area contributed by atoms with Crippen molar-refractivity contribution in [3.05, 3.63) is 47.2 Å². The Morgan fingerprint density at radius 2 is 2.05 bits per heavy atom. The van der Waals surface area contributed by atoms with Gasteiger partial charge in [0, 0.05) is 11.6 Å². The fourth-order valence-corrected chi connectivity index (χ4v) is 3.29. The standard InChI is InChI=1S/C13H11N3OS2/c1-9-14-15-13(19-9)18-8-11-7-12(16-17-11)10-5-3-2-4-6-10/h2-7H,8H2,1H3. The molecule has 1 aromatic carbocycles. The van der Waals surface area contributed by atoms with Crippen LogP contribution in [-0.2, 0) is 5.75 Å². The normalized spacial score (nSPS) is 10.8. The Bertz CT molecular complexity index is 663. The predicted molar refractivity (Wildman–Crippen MR) is 76.1 cm³/mol. The van der Waals surface area contributed by atoms with Crippen molar-refractivity contribution in [1.29, 1.82) is 0 Å². The number of aryl methyl sites for hydroxylation is 1. The summed E-state index contributed by atoms with van der Waals surface area (Å²) in [5, 5.41) is 13.1.